The van der Waals surface area contributed by atoms with Gasteiger partial charge in [0.15, 0.2) is 11.5 Å². The van der Waals surface area contributed by atoms with Crippen molar-refractivity contribution >= 4 is 29.3 Å². The molecule has 2 aromatic rings. The molecule has 1 aliphatic rings. The summed E-state index contributed by atoms with van der Waals surface area (Å²) in [6.45, 7) is 0. The van der Waals surface area contributed by atoms with Crippen molar-refractivity contribution in [2.75, 3.05) is 12.4 Å². The molecule has 1 N–H and O–H groups in total. The molecule has 1 aliphatic heterocycles. The van der Waals surface area contributed by atoms with Crippen LogP contribution in [0.3, 0.4) is 0 Å². The SMILES string of the molecule is COC(=O)CCCCCCCCCCC(=O)Nc1ccc(-c2cc3c(cc2Cl)OC(F)(F)O3)cn1. The van der Waals surface area contributed by atoms with E-state index in [0.717, 1.165) is 51.4 Å². The Morgan fingerprint density at radius 3 is 2.17 bits per heavy atom. The quantitative estimate of drug-likeness (QED) is 0.237. The molecule has 0 radical (unpaired) electrons. The lowest BCUT2D eigenvalue weighted by Crippen LogP contribution is -2.25. The van der Waals surface area contributed by atoms with Crippen molar-refractivity contribution in [1.29, 1.82) is 0 Å². The number of benzene rings is 1. The van der Waals surface area contributed by atoms with E-state index in [1.54, 1.807) is 12.1 Å². The number of alkyl halides is 2. The van der Waals surface area contributed by atoms with E-state index in [1.807, 2.05) is 0 Å². The Bertz CT molecular complexity index is 1020. The summed E-state index contributed by atoms with van der Waals surface area (Å²) in [5, 5.41) is 2.97. The highest BCUT2D eigenvalue weighted by Gasteiger charge is 2.43. The van der Waals surface area contributed by atoms with Gasteiger partial charge in [-0.15, -0.1) is 8.78 Å². The summed E-state index contributed by atoms with van der Waals surface area (Å²) in [5.74, 6) is -0.106. The Morgan fingerprint density at radius 2 is 1.57 bits per heavy atom. The number of amides is 1. The van der Waals surface area contributed by atoms with Crippen LogP contribution in [-0.4, -0.2) is 30.3 Å². The molecule has 190 valence electrons. The normalized spacial score (nSPS) is 13.5. The molecule has 10 heteroatoms. The van der Waals surface area contributed by atoms with Crippen LogP contribution < -0.4 is 14.8 Å². The summed E-state index contributed by atoms with van der Waals surface area (Å²) >= 11 is 6.21. The molecule has 7 nitrogen and oxygen atoms in total. The molecule has 0 fully saturated rings. The average molecular weight is 511 g/mol. The third kappa shape index (κ3) is 8.35. The van der Waals surface area contributed by atoms with Crippen LogP contribution in [0.25, 0.3) is 11.1 Å². The van der Waals surface area contributed by atoms with Crippen LogP contribution in [-0.2, 0) is 14.3 Å². The van der Waals surface area contributed by atoms with Gasteiger partial charge in [0.1, 0.15) is 5.82 Å². The van der Waals surface area contributed by atoms with Gasteiger partial charge in [-0.3, -0.25) is 9.59 Å². The van der Waals surface area contributed by atoms with Crippen molar-refractivity contribution in [3.63, 3.8) is 0 Å². The van der Waals surface area contributed by atoms with E-state index in [2.05, 4.69) is 24.5 Å². The molecule has 3 rings (SSSR count). The second-order valence-corrected chi connectivity index (χ2v) is 8.74. The Kier molecular flexibility index (Phi) is 9.65. The van der Waals surface area contributed by atoms with Crippen molar-refractivity contribution in [3.8, 4) is 22.6 Å². The van der Waals surface area contributed by atoms with Crippen LogP contribution in [0.2, 0.25) is 5.02 Å². The van der Waals surface area contributed by atoms with Crippen molar-refractivity contribution in [2.24, 2.45) is 0 Å². The van der Waals surface area contributed by atoms with E-state index in [-0.39, 0.29) is 28.4 Å². The van der Waals surface area contributed by atoms with Gasteiger partial charge in [-0.25, -0.2) is 4.98 Å². The number of hydrogen-bond donors (Lipinski definition) is 1. The fourth-order valence-electron chi connectivity index (χ4n) is 3.74. The molecule has 1 aromatic carbocycles. The van der Waals surface area contributed by atoms with Gasteiger partial charge < -0.3 is 19.5 Å². The first-order valence-electron chi connectivity index (χ1n) is 11.7. The Labute approximate surface area is 208 Å². The average Bonchev–Trinajstić information content (AvgIpc) is 3.12. The number of nitrogens with one attached hydrogen (secondary N) is 1. The third-order valence-electron chi connectivity index (χ3n) is 5.60. The molecule has 2 heterocycles. The summed E-state index contributed by atoms with van der Waals surface area (Å²) in [7, 11) is 1.41. The summed E-state index contributed by atoms with van der Waals surface area (Å²) < 4.78 is 40.0. The zero-order chi connectivity index (χ0) is 25.3. The van der Waals surface area contributed by atoms with Crippen LogP contribution in [0.4, 0.5) is 14.6 Å². The molecule has 0 bridgehead atoms. The predicted octanol–water partition coefficient (Wildman–Crippen LogP) is 6.74. The minimum Gasteiger partial charge on any atom is -0.469 e. The van der Waals surface area contributed by atoms with Crippen LogP contribution >= 0.6 is 11.6 Å². The molecule has 1 aromatic heterocycles. The fraction of sp³-hybridized carbons (Fsp3) is 0.480. The molecule has 1 amide bonds. The molecule has 0 unspecified atom stereocenters. The minimum absolute atomic E-state index is 0.106. The summed E-state index contributed by atoms with van der Waals surface area (Å²) in [6, 6.07) is 5.96. The highest BCUT2D eigenvalue weighted by Crippen LogP contribution is 2.46. The highest BCUT2D eigenvalue weighted by molar-refractivity contribution is 6.33. The number of carbonyl (C=O) groups is 2. The predicted molar refractivity (Wildman–Crippen MR) is 128 cm³/mol. The number of anilines is 1. The first-order valence-corrected chi connectivity index (χ1v) is 12.1. The monoisotopic (exact) mass is 510 g/mol. The van der Waals surface area contributed by atoms with E-state index in [1.165, 1.54) is 25.4 Å². The number of pyridine rings is 1. The number of nitrogens with zero attached hydrogens (tertiary/aromatic N) is 1. The fourth-order valence-corrected chi connectivity index (χ4v) is 4.01. The lowest BCUT2D eigenvalue weighted by Gasteiger charge is -2.08. The zero-order valence-corrected chi connectivity index (χ0v) is 20.3. The molecular weight excluding hydrogens is 482 g/mol. The first-order chi connectivity index (χ1) is 16.8. The van der Waals surface area contributed by atoms with Crippen LogP contribution in [0, 0.1) is 0 Å². The number of fused-ring (bicyclic) bond motifs is 1. The number of esters is 1. The van der Waals surface area contributed by atoms with Gasteiger partial charge in [-0.2, -0.15) is 0 Å². The van der Waals surface area contributed by atoms with Gasteiger partial charge in [0, 0.05) is 36.2 Å². The lowest BCUT2D eigenvalue weighted by molar-refractivity contribution is -0.286. The molecule has 0 saturated heterocycles. The van der Waals surface area contributed by atoms with Crippen molar-refractivity contribution in [1.82, 2.24) is 4.98 Å². The van der Waals surface area contributed by atoms with Crippen molar-refractivity contribution < 1.29 is 32.6 Å². The van der Waals surface area contributed by atoms with E-state index < -0.39 is 6.29 Å². The number of carbonyl (C=O) groups excluding carboxylic acids is 2. The Hall–Kier alpha value is -2.94. The Balaban J connectivity index is 1.34. The lowest BCUT2D eigenvalue weighted by atomic mass is 10.1. The largest absolute Gasteiger partial charge is 0.586 e. The topological polar surface area (TPSA) is 86.8 Å². The molecule has 0 saturated carbocycles. The summed E-state index contributed by atoms with van der Waals surface area (Å²) in [5.41, 5.74) is 1.04. The second-order valence-electron chi connectivity index (χ2n) is 8.33. The number of unbranched alkanes of at least 4 members (excludes halogenated alkanes) is 7. The second kappa shape index (κ2) is 12.7. The maximum atomic E-state index is 13.3. The number of methoxy groups -OCH3 is 1. The van der Waals surface area contributed by atoms with E-state index in [0.29, 0.717) is 29.8 Å². The number of hydrogen-bond acceptors (Lipinski definition) is 6. The maximum Gasteiger partial charge on any atom is 0.586 e. The van der Waals surface area contributed by atoms with Gasteiger partial charge in [0.2, 0.25) is 5.91 Å². The van der Waals surface area contributed by atoms with Crippen LogP contribution in [0.5, 0.6) is 11.5 Å². The van der Waals surface area contributed by atoms with Crippen molar-refractivity contribution in [2.45, 2.75) is 70.5 Å². The van der Waals surface area contributed by atoms with E-state index >= 15 is 0 Å². The zero-order valence-electron chi connectivity index (χ0n) is 19.6. The van der Waals surface area contributed by atoms with Gasteiger partial charge in [0.25, 0.3) is 0 Å². The van der Waals surface area contributed by atoms with Gasteiger partial charge >= 0.3 is 12.3 Å². The molecule has 0 aliphatic carbocycles. The van der Waals surface area contributed by atoms with Crippen LogP contribution in [0.1, 0.15) is 64.2 Å². The number of aromatic nitrogens is 1. The van der Waals surface area contributed by atoms with Crippen molar-refractivity contribution in [3.05, 3.63) is 35.5 Å². The number of rotatable bonds is 13. The van der Waals surface area contributed by atoms with Gasteiger partial charge in [-0.05, 0) is 31.0 Å². The Morgan fingerprint density at radius 1 is 0.971 bits per heavy atom. The maximum absolute atomic E-state index is 13.3. The molecular formula is C25H29ClF2N2O5. The smallest absolute Gasteiger partial charge is 0.469 e. The number of halogens is 3. The van der Waals surface area contributed by atoms with Gasteiger partial charge in [-0.1, -0.05) is 50.1 Å². The first kappa shape index (κ1) is 26.7. The highest BCUT2D eigenvalue weighted by atomic mass is 35.5. The number of ether oxygens (including phenoxy) is 3. The summed E-state index contributed by atoms with van der Waals surface area (Å²) in [4.78, 5) is 27.4. The minimum atomic E-state index is -3.72. The molecule has 0 spiro atoms. The molecule has 0 atom stereocenters. The van der Waals surface area contributed by atoms with E-state index in [9.17, 15) is 18.4 Å². The molecule has 35 heavy (non-hydrogen) atoms. The van der Waals surface area contributed by atoms with Crippen LogP contribution in [0.15, 0.2) is 30.5 Å². The summed E-state index contributed by atoms with van der Waals surface area (Å²) in [6.07, 6.45) is 6.75. The standard InChI is InChI=1S/C25H29ClF2N2O5/c1-33-24(32)11-9-7-5-3-2-4-6-8-10-23(31)30-22-13-12-17(16-29-22)18-14-20-21(15-19(18)26)35-25(27,28)34-20/h12-16H,2-11H2,1H3,(H,29,30,31). The van der Waals surface area contributed by atoms with E-state index in [4.69, 9.17) is 11.6 Å². The third-order valence-corrected chi connectivity index (χ3v) is 5.91. The van der Waals surface area contributed by atoms with Gasteiger partial charge in [0.05, 0.1) is 12.1 Å².